The first-order valence-corrected chi connectivity index (χ1v) is 13.0. The molecule has 0 aliphatic heterocycles. The van der Waals surface area contributed by atoms with E-state index in [0.29, 0.717) is 4.48 Å². The summed E-state index contributed by atoms with van der Waals surface area (Å²) >= 11 is 3.50. The lowest BCUT2D eigenvalue weighted by molar-refractivity contribution is -0.725. The van der Waals surface area contributed by atoms with Gasteiger partial charge in [-0.1, -0.05) is 109 Å². The summed E-state index contributed by atoms with van der Waals surface area (Å²) in [4.78, 5) is 1.65. The minimum absolute atomic E-state index is 0.126. The highest BCUT2D eigenvalue weighted by molar-refractivity contribution is 9.12. The van der Waals surface area contributed by atoms with Crippen LogP contribution in [0.5, 0.6) is 0 Å². The van der Waals surface area contributed by atoms with Crippen LogP contribution in [0.25, 0.3) is 22.2 Å². The normalized spacial score (nSPS) is 18.1. The Hall–Kier alpha value is -4.49. The molecule has 38 heavy (non-hydrogen) atoms. The third-order valence-electron chi connectivity index (χ3n) is 6.97. The van der Waals surface area contributed by atoms with Crippen LogP contribution in [-0.4, -0.2) is 30.8 Å². The van der Waals surface area contributed by atoms with Crippen LogP contribution in [0.4, 0.5) is 0 Å². The lowest BCUT2D eigenvalue weighted by Crippen LogP contribution is -2.44. The molecule has 1 aliphatic rings. The molecule has 6 rings (SSSR count). The third-order valence-corrected chi connectivity index (χ3v) is 7.64. The quantitative estimate of drug-likeness (QED) is 0.147. The van der Waals surface area contributed by atoms with Gasteiger partial charge in [-0.3, -0.25) is 5.21 Å². The molecule has 4 aromatic carbocycles. The molecule has 1 heterocycles. The molecular formula is C31H23BrN4O2. The van der Waals surface area contributed by atoms with Crippen LogP contribution in [0.15, 0.2) is 132 Å². The van der Waals surface area contributed by atoms with E-state index in [0.717, 1.165) is 33.3 Å². The van der Waals surface area contributed by atoms with Gasteiger partial charge in [0, 0.05) is 16.9 Å². The van der Waals surface area contributed by atoms with Crippen molar-refractivity contribution in [2.24, 2.45) is 5.92 Å². The number of hydrogen-bond acceptors (Lipinski definition) is 4. The van der Waals surface area contributed by atoms with E-state index in [-0.39, 0.29) is 16.5 Å². The number of rotatable bonds is 5. The van der Waals surface area contributed by atoms with Crippen LogP contribution in [0.3, 0.4) is 0 Å². The Kier molecular flexibility index (Phi) is 6.13. The molecule has 186 valence electrons. The number of allylic oxidation sites excluding steroid dienone is 4. The first kappa shape index (κ1) is 23.9. The van der Waals surface area contributed by atoms with E-state index >= 15 is 0 Å². The van der Waals surface area contributed by atoms with Crippen molar-refractivity contribution in [1.82, 2.24) is 15.0 Å². The Labute approximate surface area is 228 Å². The Morgan fingerprint density at radius 1 is 0.737 bits per heavy atom. The minimum atomic E-state index is -0.903. The topological polar surface area (TPSA) is 77.0 Å². The van der Waals surface area contributed by atoms with Crippen molar-refractivity contribution in [1.29, 1.82) is 0 Å². The second-order valence-electron chi connectivity index (χ2n) is 9.11. The number of halogens is 1. The number of aromatic nitrogens is 3. The van der Waals surface area contributed by atoms with Crippen LogP contribution in [0.1, 0.15) is 11.1 Å². The second kappa shape index (κ2) is 9.76. The highest BCUT2D eigenvalue weighted by Crippen LogP contribution is 2.44. The number of benzene rings is 4. The number of nitrogens with zero attached hydrogens (tertiary/aromatic N) is 4. The van der Waals surface area contributed by atoms with Crippen molar-refractivity contribution in [3.05, 3.63) is 148 Å². The zero-order valence-corrected chi connectivity index (χ0v) is 21.8. The van der Waals surface area contributed by atoms with Crippen molar-refractivity contribution in [3.8, 4) is 11.1 Å². The Bertz CT molecular complexity index is 1660. The molecule has 1 N–H and O–H groups in total. The van der Waals surface area contributed by atoms with Gasteiger partial charge >= 0.3 is 0 Å². The summed E-state index contributed by atoms with van der Waals surface area (Å²) in [6, 6.07) is 36.6. The van der Waals surface area contributed by atoms with Gasteiger partial charge in [0.1, 0.15) is 16.6 Å². The fourth-order valence-electron chi connectivity index (χ4n) is 5.16. The zero-order chi connectivity index (χ0) is 26.1. The van der Waals surface area contributed by atoms with E-state index in [1.54, 1.807) is 10.9 Å². The van der Waals surface area contributed by atoms with Crippen LogP contribution in [-0.2, 0) is 5.54 Å². The highest BCUT2D eigenvalue weighted by atomic mass is 79.9. The molecule has 0 saturated carbocycles. The molecule has 0 saturated heterocycles. The first-order chi connectivity index (χ1) is 18.6. The Morgan fingerprint density at radius 3 is 1.84 bits per heavy atom. The standard InChI is InChI=1S/C31H23BrN4O2/c32-27-21-26(19-20-30(27)35(37)38)31(24-11-5-2-6-12-24,36-33-28-13-7-8-14-29(28)34-36)25-17-15-23(16-18-25)22-9-3-1-4-10-22/h1-21,26H,(H,37,38). The molecule has 0 spiro atoms. The van der Waals surface area contributed by atoms with Crippen LogP contribution in [0.2, 0.25) is 0 Å². The maximum absolute atomic E-state index is 11.7. The molecule has 0 amide bonds. The van der Waals surface area contributed by atoms with E-state index in [1.807, 2.05) is 72.8 Å². The van der Waals surface area contributed by atoms with Crippen molar-refractivity contribution < 1.29 is 10.1 Å². The van der Waals surface area contributed by atoms with Gasteiger partial charge < -0.3 is 5.21 Å². The Balaban J connectivity index is 1.64. The predicted octanol–water partition coefficient (Wildman–Crippen LogP) is 6.70. The second-order valence-corrected chi connectivity index (χ2v) is 9.97. The highest BCUT2D eigenvalue weighted by Gasteiger charge is 2.46. The summed E-state index contributed by atoms with van der Waals surface area (Å²) in [6.45, 7) is 0. The average molecular weight is 563 g/mol. The molecule has 7 heteroatoms. The van der Waals surface area contributed by atoms with E-state index in [2.05, 4.69) is 64.5 Å². The molecule has 0 radical (unpaired) electrons. The molecule has 6 nitrogen and oxygen atoms in total. The molecule has 1 aliphatic carbocycles. The van der Waals surface area contributed by atoms with Crippen molar-refractivity contribution in [3.63, 3.8) is 0 Å². The van der Waals surface area contributed by atoms with Gasteiger partial charge in [0.05, 0.1) is 4.48 Å². The molecular weight excluding hydrogens is 540 g/mol. The fourth-order valence-corrected chi connectivity index (χ4v) is 5.73. The van der Waals surface area contributed by atoms with Crippen molar-refractivity contribution in [2.75, 3.05) is 0 Å². The zero-order valence-electron chi connectivity index (χ0n) is 20.2. The molecule has 0 fully saturated rings. The van der Waals surface area contributed by atoms with E-state index in [4.69, 9.17) is 10.2 Å². The maximum Gasteiger partial charge on any atom is 0.281 e. The third kappa shape index (κ3) is 4.01. The van der Waals surface area contributed by atoms with Gasteiger partial charge in [0.15, 0.2) is 0 Å². The number of hydrogen-bond donors (Lipinski definition) is 1. The Morgan fingerprint density at radius 2 is 1.26 bits per heavy atom. The number of fused-ring (bicyclic) bond motifs is 1. The predicted molar refractivity (Wildman–Crippen MR) is 152 cm³/mol. The summed E-state index contributed by atoms with van der Waals surface area (Å²) in [7, 11) is 0. The largest absolute Gasteiger partial charge is 0.417 e. The molecule has 5 aromatic rings. The fraction of sp³-hybridized carbons (Fsp3) is 0.0645. The van der Waals surface area contributed by atoms with Gasteiger partial charge in [-0.25, -0.2) is 0 Å². The first-order valence-electron chi connectivity index (χ1n) is 12.2. The summed E-state index contributed by atoms with van der Waals surface area (Å²) < 4.78 is 0.487. The summed E-state index contributed by atoms with van der Waals surface area (Å²) in [6.07, 6.45) is 5.46. The van der Waals surface area contributed by atoms with Gasteiger partial charge in [0.2, 0.25) is 0 Å². The van der Waals surface area contributed by atoms with E-state index in [9.17, 15) is 10.4 Å². The smallest absolute Gasteiger partial charge is 0.281 e. The van der Waals surface area contributed by atoms with Crippen molar-refractivity contribution in [2.45, 2.75) is 5.54 Å². The summed E-state index contributed by atoms with van der Waals surface area (Å²) in [5.74, 6) is -0.313. The van der Waals surface area contributed by atoms with Crippen molar-refractivity contribution >= 4 is 32.7 Å². The van der Waals surface area contributed by atoms with Gasteiger partial charge in [-0.05, 0) is 50.3 Å². The van der Waals surface area contributed by atoms with Gasteiger partial charge in [-0.15, -0.1) is 0 Å². The lowest BCUT2D eigenvalue weighted by atomic mass is 9.71. The monoisotopic (exact) mass is 562 g/mol. The molecule has 1 aromatic heterocycles. The van der Waals surface area contributed by atoms with Gasteiger partial charge in [-0.2, -0.15) is 15.0 Å². The lowest BCUT2D eigenvalue weighted by Gasteiger charge is -2.39. The SMILES string of the molecule is [O-]/[N+](O)=C1/C=CC(C(c2ccccc2)(c2ccc(-c3ccccc3)cc2)n2nc3ccccc3n2)C=C1Br. The van der Waals surface area contributed by atoms with Crippen LogP contribution < -0.4 is 0 Å². The van der Waals surface area contributed by atoms with Gasteiger partial charge in [0.25, 0.3) is 5.71 Å². The molecule has 2 unspecified atom stereocenters. The minimum Gasteiger partial charge on any atom is -0.417 e. The van der Waals surface area contributed by atoms with Crippen LogP contribution >= 0.6 is 15.9 Å². The van der Waals surface area contributed by atoms with E-state index in [1.165, 1.54) is 0 Å². The summed E-state index contributed by atoms with van der Waals surface area (Å²) in [5.41, 5.74) is 4.97. The average Bonchev–Trinajstić information content (AvgIpc) is 3.39. The maximum atomic E-state index is 11.7. The summed E-state index contributed by atoms with van der Waals surface area (Å²) in [5, 5.41) is 31.3. The molecule has 0 bridgehead atoms. The van der Waals surface area contributed by atoms with E-state index < -0.39 is 5.54 Å². The molecule has 2 atom stereocenters. The van der Waals surface area contributed by atoms with Crippen LogP contribution in [0, 0.1) is 11.1 Å².